The van der Waals surface area contributed by atoms with Crippen LogP contribution in [0.15, 0.2) is 42.5 Å². The van der Waals surface area contributed by atoms with Gasteiger partial charge in [-0.1, -0.05) is 35.9 Å². The molecule has 8 nitrogen and oxygen atoms in total. The Bertz CT molecular complexity index is 1090. The van der Waals surface area contributed by atoms with Crippen molar-refractivity contribution in [1.29, 1.82) is 0 Å². The molecule has 3 rings (SSSR count). The maximum absolute atomic E-state index is 13.0. The fourth-order valence-electron chi connectivity index (χ4n) is 4.36. The Hall–Kier alpha value is -3.10. The van der Waals surface area contributed by atoms with Crippen molar-refractivity contribution in [2.75, 3.05) is 26.2 Å². The first-order valence-corrected chi connectivity index (χ1v) is 13.6. The van der Waals surface area contributed by atoms with Crippen LogP contribution in [-0.2, 0) is 33.9 Å². The van der Waals surface area contributed by atoms with E-state index in [2.05, 4.69) is 24.1 Å². The van der Waals surface area contributed by atoms with E-state index < -0.39 is 5.97 Å². The maximum atomic E-state index is 13.0. The van der Waals surface area contributed by atoms with Gasteiger partial charge in [-0.3, -0.25) is 19.3 Å². The van der Waals surface area contributed by atoms with Crippen molar-refractivity contribution in [3.05, 3.63) is 64.2 Å². The van der Waals surface area contributed by atoms with Crippen molar-refractivity contribution in [2.45, 2.75) is 65.1 Å². The van der Waals surface area contributed by atoms with Crippen LogP contribution in [0.4, 0.5) is 0 Å². The zero-order chi connectivity index (χ0) is 27.5. The number of aryl methyl sites for hydroxylation is 1. The molecule has 1 aliphatic rings. The van der Waals surface area contributed by atoms with Gasteiger partial charge in [0.05, 0.1) is 13.2 Å². The summed E-state index contributed by atoms with van der Waals surface area (Å²) in [7, 11) is 0. The molecular weight excluding hydrogens is 506 g/mol. The van der Waals surface area contributed by atoms with E-state index in [0.29, 0.717) is 37.7 Å². The zero-order valence-electron chi connectivity index (χ0n) is 22.2. The van der Waals surface area contributed by atoms with Gasteiger partial charge in [0, 0.05) is 42.7 Å². The molecule has 9 heteroatoms. The van der Waals surface area contributed by atoms with Gasteiger partial charge in [-0.15, -0.1) is 0 Å². The summed E-state index contributed by atoms with van der Waals surface area (Å²) in [6.45, 7) is 6.08. The van der Waals surface area contributed by atoms with Gasteiger partial charge >= 0.3 is 5.97 Å². The predicted molar refractivity (Wildman–Crippen MR) is 147 cm³/mol. The van der Waals surface area contributed by atoms with Gasteiger partial charge in [-0.05, 0) is 68.9 Å². The second-order valence-corrected chi connectivity index (χ2v) is 10.4. The van der Waals surface area contributed by atoms with Crippen LogP contribution in [0.25, 0.3) is 0 Å². The lowest BCUT2D eigenvalue weighted by Gasteiger charge is -2.27. The maximum Gasteiger partial charge on any atom is 0.323 e. The summed E-state index contributed by atoms with van der Waals surface area (Å²) in [5, 5.41) is 12.9. The van der Waals surface area contributed by atoms with E-state index in [1.807, 2.05) is 18.2 Å². The van der Waals surface area contributed by atoms with E-state index >= 15 is 0 Å². The summed E-state index contributed by atoms with van der Waals surface area (Å²) in [6.07, 6.45) is 3.45. The Morgan fingerprint density at radius 1 is 1.08 bits per heavy atom. The highest BCUT2D eigenvalue weighted by Gasteiger charge is 2.20. The van der Waals surface area contributed by atoms with Crippen molar-refractivity contribution >= 4 is 29.4 Å². The van der Waals surface area contributed by atoms with Crippen LogP contribution in [0.1, 0.15) is 56.2 Å². The van der Waals surface area contributed by atoms with E-state index in [0.717, 1.165) is 41.7 Å². The lowest BCUT2D eigenvalue weighted by atomic mass is 10.0. The number of benzene rings is 2. The van der Waals surface area contributed by atoms with E-state index in [9.17, 15) is 19.5 Å². The van der Waals surface area contributed by atoms with Crippen LogP contribution in [0.3, 0.4) is 0 Å². The van der Waals surface area contributed by atoms with Crippen LogP contribution in [0, 0.1) is 0 Å². The van der Waals surface area contributed by atoms with Gasteiger partial charge < -0.3 is 20.1 Å². The minimum absolute atomic E-state index is 0.0152. The van der Waals surface area contributed by atoms with Crippen molar-refractivity contribution in [2.24, 2.45) is 0 Å². The molecule has 206 valence electrons. The number of carbonyl (C=O) groups excluding carboxylic acids is 2. The SMILES string of the molecule is CC(C)N1CC(=O)NCCCCCOc2ccc(CCC(=O)N(CC(=O)O)Cc3ccc(Cl)cc3)cc2C1. The van der Waals surface area contributed by atoms with E-state index in [4.69, 9.17) is 16.3 Å². The van der Waals surface area contributed by atoms with Crippen LogP contribution in [-0.4, -0.2) is 65.0 Å². The Morgan fingerprint density at radius 2 is 1.82 bits per heavy atom. The minimum Gasteiger partial charge on any atom is -0.493 e. The van der Waals surface area contributed by atoms with Crippen molar-refractivity contribution in [1.82, 2.24) is 15.1 Å². The molecule has 1 heterocycles. The number of ether oxygens (including phenoxy) is 1. The molecule has 0 unspecified atom stereocenters. The van der Waals surface area contributed by atoms with Crippen LogP contribution >= 0.6 is 11.6 Å². The van der Waals surface area contributed by atoms with Crippen LogP contribution in [0.5, 0.6) is 5.75 Å². The summed E-state index contributed by atoms with van der Waals surface area (Å²) in [5.41, 5.74) is 2.74. The Labute approximate surface area is 229 Å². The van der Waals surface area contributed by atoms with E-state index in [-0.39, 0.29) is 37.4 Å². The Kier molecular flexibility index (Phi) is 11.4. The van der Waals surface area contributed by atoms with Gasteiger partial charge in [-0.25, -0.2) is 0 Å². The number of carboxylic acids is 1. The summed E-state index contributed by atoms with van der Waals surface area (Å²) in [4.78, 5) is 40.4. The molecule has 0 radical (unpaired) electrons. The number of carboxylic acid groups (broad SMARTS) is 1. The van der Waals surface area contributed by atoms with Crippen molar-refractivity contribution < 1.29 is 24.2 Å². The molecule has 0 saturated heterocycles. The van der Waals surface area contributed by atoms with Gasteiger partial charge in [0.25, 0.3) is 0 Å². The molecule has 1 aliphatic heterocycles. The van der Waals surface area contributed by atoms with E-state index in [1.165, 1.54) is 4.90 Å². The van der Waals surface area contributed by atoms with Crippen molar-refractivity contribution in [3.63, 3.8) is 0 Å². The average Bonchev–Trinajstić information content (AvgIpc) is 2.88. The molecule has 0 fully saturated rings. The molecule has 0 atom stereocenters. The molecule has 0 saturated carbocycles. The Morgan fingerprint density at radius 3 is 2.53 bits per heavy atom. The fraction of sp³-hybridized carbons (Fsp3) is 0.483. The van der Waals surface area contributed by atoms with Crippen LogP contribution < -0.4 is 10.1 Å². The first-order valence-electron chi connectivity index (χ1n) is 13.2. The highest BCUT2D eigenvalue weighted by molar-refractivity contribution is 6.30. The highest BCUT2D eigenvalue weighted by Crippen LogP contribution is 2.25. The normalized spacial score (nSPS) is 15.3. The third-order valence-corrected chi connectivity index (χ3v) is 6.82. The number of halogens is 1. The lowest BCUT2D eigenvalue weighted by molar-refractivity contribution is -0.144. The second kappa shape index (κ2) is 14.7. The number of hydrogen-bond acceptors (Lipinski definition) is 5. The third-order valence-electron chi connectivity index (χ3n) is 6.57. The molecular formula is C29H38ClN3O5. The number of hydrogen-bond donors (Lipinski definition) is 2. The first kappa shape index (κ1) is 29.5. The van der Waals surface area contributed by atoms with Crippen LogP contribution in [0.2, 0.25) is 5.02 Å². The van der Waals surface area contributed by atoms with Gasteiger partial charge in [0.1, 0.15) is 12.3 Å². The molecule has 0 spiro atoms. The largest absolute Gasteiger partial charge is 0.493 e. The number of aliphatic carboxylic acids is 1. The molecule has 0 bridgehead atoms. The zero-order valence-corrected chi connectivity index (χ0v) is 23.0. The van der Waals surface area contributed by atoms with Gasteiger partial charge in [0.2, 0.25) is 11.8 Å². The molecule has 0 aromatic heterocycles. The molecule has 0 aliphatic carbocycles. The van der Waals surface area contributed by atoms with Crippen molar-refractivity contribution in [3.8, 4) is 5.75 Å². The topological polar surface area (TPSA) is 99.2 Å². The lowest BCUT2D eigenvalue weighted by Crippen LogP contribution is -2.40. The molecule has 2 aromatic carbocycles. The first-order chi connectivity index (χ1) is 18.2. The third kappa shape index (κ3) is 9.65. The summed E-state index contributed by atoms with van der Waals surface area (Å²) >= 11 is 5.95. The number of rotatable bonds is 8. The smallest absolute Gasteiger partial charge is 0.323 e. The standard InChI is InChI=1S/C29H38ClN3O5/c1-21(2)32-18-24-16-22(8-12-26(24)38-15-5-3-4-14-31-27(34)19-32)9-13-28(35)33(20-29(36)37)17-23-6-10-25(30)11-7-23/h6-8,10-12,16,21H,3-5,9,13-15,17-20H2,1-2H3,(H,31,34)(H,36,37). The highest BCUT2D eigenvalue weighted by atomic mass is 35.5. The Balaban J connectivity index is 1.73. The molecule has 2 amide bonds. The monoisotopic (exact) mass is 543 g/mol. The second-order valence-electron chi connectivity index (χ2n) is 9.97. The molecule has 38 heavy (non-hydrogen) atoms. The molecule has 2 N–H and O–H groups in total. The summed E-state index contributed by atoms with van der Waals surface area (Å²) in [5.74, 6) is -0.483. The summed E-state index contributed by atoms with van der Waals surface area (Å²) < 4.78 is 6.11. The number of fused-ring (bicyclic) bond motifs is 1. The fourth-order valence-corrected chi connectivity index (χ4v) is 4.49. The summed E-state index contributed by atoms with van der Waals surface area (Å²) in [6, 6.07) is 13.1. The molecule has 2 aromatic rings. The van der Waals surface area contributed by atoms with Gasteiger partial charge in [-0.2, -0.15) is 0 Å². The average molecular weight is 544 g/mol. The number of amides is 2. The number of carbonyl (C=O) groups is 3. The minimum atomic E-state index is -1.06. The van der Waals surface area contributed by atoms with Gasteiger partial charge in [0.15, 0.2) is 0 Å². The quantitative estimate of drug-likeness (QED) is 0.516. The number of nitrogens with one attached hydrogen (secondary N) is 1. The predicted octanol–water partition coefficient (Wildman–Crippen LogP) is 4.28. The van der Waals surface area contributed by atoms with E-state index in [1.54, 1.807) is 24.3 Å². The number of nitrogens with zero attached hydrogens (tertiary/aromatic N) is 2.